The van der Waals surface area contributed by atoms with Gasteiger partial charge in [-0.15, -0.1) is 0 Å². The molecule has 0 radical (unpaired) electrons. The highest BCUT2D eigenvalue weighted by Gasteiger charge is 2.32. The van der Waals surface area contributed by atoms with E-state index in [4.69, 9.17) is 14.2 Å². The number of thioether (sulfide) groups is 1. The molecule has 2 aliphatic rings. The first-order valence-corrected chi connectivity index (χ1v) is 9.49. The first-order valence-electron chi connectivity index (χ1n) is 8.67. The number of rotatable bonds is 3. The highest BCUT2D eigenvalue weighted by molar-refractivity contribution is 8.18. The number of benzene rings is 2. The van der Waals surface area contributed by atoms with Crippen LogP contribution in [0.5, 0.6) is 17.2 Å². The molecule has 6 nitrogen and oxygen atoms in total. The zero-order chi connectivity index (χ0) is 21.5. The summed E-state index contributed by atoms with van der Waals surface area (Å²) in [5, 5.41) is 0.269. The van der Waals surface area contributed by atoms with Crippen LogP contribution in [0.15, 0.2) is 46.3 Å². The zero-order valence-corrected chi connectivity index (χ0v) is 16.6. The van der Waals surface area contributed by atoms with Crippen LogP contribution in [0.3, 0.4) is 0 Å². The Kier molecular flexibility index (Phi) is 5.10. The van der Waals surface area contributed by atoms with Crippen LogP contribution in [-0.2, 0) is 11.0 Å². The van der Waals surface area contributed by atoms with E-state index < -0.39 is 11.7 Å². The number of aliphatic imine (C=N–C) groups is 1. The Morgan fingerprint density at radius 2 is 1.93 bits per heavy atom. The van der Waals surface area contributed by atoms with Crippen molar-refractivity contribution in [2.75, 3.05) is 21.0 Å². The summed E-state index contributed by atoms with van der Waals surface area (Å²) in [6, 6.07) is 8.00. The van der Waals surface area contributed by atoms with E-state index in [2.05, 4.69) is 4.99 Å². The van der Waals surface area contributed by atoms with Crippen molar-refractivity contribution in [1.82, 2.24) is 4.90 Å². The van der Waals surface area contributed by atoms with Gasteiger partial charge in [-0.3, -0.25) is 9.69 Å². The van der Waals surface area contributed by atoms with E-state index in [0.29, 0.717) is 27.7 Å². The number of likely N-dealkylation sites (N-methyl/N-ethyl adjacent to an activating group) is 1. The lowest BCUT2D eigenvalue weighted by Gasteiger charge is -2.09. The molecule has 1 saturated heterocycles. The van der Waals surface area contributed by atoms with Crippen molar-refractivity contribution in [2.24, 2.45) is 4.99 Å². The number of hydrogen-bond donors (Lipinski definition) is 0. The molecule has 10 heteroatoms. The molecular weight excluding hydrogens is 421 g/mol. The van der Waals surface area contributed by atoms with Gasteiger partial charge in [-0.1, -0.05) is 6.07 Å². The zero-order valence-electron chi connectivity index (χ0n) is 15.8. The molecule has 0 spiro atoms. The molecule has 30 heavy (non-hydrogen) atoms. The third kappa shape index (κ3) is 3.82. The van der Waals surface area contributed by atoms with Crippen molar-refractivity contribution in [2.45, 2.75) is 6.18 Å². The Balaban J connectivity index is 1.66. The molecule has 0 unspecified atom stereocenters. The van der Waals surface area contributed by atoms with Crippen molar-refractivity contribution in [3.8, 4) is 17.2 Å². The number of amides is 1. The SMILES string of the molecule is COc1cc2c(cc1/C=C1/SC(=Nc3cccc(C(F)(F)F)c3)N(C)C1=O)OCO2. The summed E-state index contributed by atoms with van der Waals surface area (Å²) >= 11 is 1.06. The lowest BCUT2D eigenvalue weighted by Crippen LogP contribution is -2.23. The fourth-order valence-electron chi connectivity index (χ4n) is 2.88. The van der Waals surface area contributed by atoms with E-state index in [1.54, 1.807) is 18.2 Å². The first-order chi connectivity index (χ1) is 14.3. The van der Waals surface area contributed by atoms with Gasteiger partial charge < -0.3 is 14.2 Å². The third-order valence-electron chi connectivity index (χ3n) is 4.41. The Morgan fingerprint density at radius 3 is 2.63 bits per heavy atom. The van der Waals surface area contributed by atoms with Gasteiger partial charge in [0.2, 0.25) is 6.79 Å². The van der Waals surface area contributed by atoms with E-state index in [0.717, 1.165) is 23.9 Å². The van der Waals surface area contributed by atoms with Crippen LogP contribution in [0.25, 0.3) is 6.08 Å². The minimum absolute atomic E-state index is 0.0999. The normalized spacial score (nSPS) is 18.6. The molecule has 156 valence electrons. The maximum atomic E-state index is 12.9. The van der Waals surface area contributed by atoms with Gasteiger partial charge in [0.25, 0.3) is 5.91 Å². The van der Waals surface area contributed by atoms with Gasteiger partial charge in [0.15, 0.2) is 16.7 Å². The Bertz CT molecular complexity index is 1080. The smallest absolute Gasteiger partial charge is 0.416 e. The first kappa shape index (κ1) is 20.1. The van der Waals surface area contributed by atoms with Crippen LogP contribution in [0.4, 0.5) is 18.9 Å². The second-order valence-electron chi connectivity index (χ2n) is 6.36. The predicted octanol–water partition coefficient (Wildman–Crippen LogP) is 4.68. The van der Waals surface area contributed by atoms with Crippen molar-refractivity contribution in [3.63, 3.8) is 0 Å². The molecule has 0 N–H and O–H groups in total. The largest absolute Gasteiger partial charge is 0.496 e. The van der Waals surface area contributed by atoms with Crippen LogP contribution >= 0.6 is 11.8 Å². The number of nitrogens with zero attached hydrogens (tertiary/aromatic N) is 2. The summed E-state index contributed by atoms with van der Waals surface area (Å²) in [4.78, 5) is 18.5. The number of fused-ring (bicyclic) bond motifs is 1. The van der Waals surface area contributed by atoms with Gasteiger partial charge in [-0.2, -0.15) is 13.2 Å². The molecule has 0 aliphatic carbocycles. The molecule has 1 amide bonds. The van der Waals surface area contributed by atoms with Crippen molar-refractivity contribution < 1.29 is 32.2 Å². The molecule has 0 atom stereocenters. The van der Waals surface area contributed by atoms with Crippen LogP contribution in [-0.4, -0.2) is 36.9 Å². The fourth-order valence-corrected chi connectivity index (χ4v) is 3.86. The molecule has 2 heterocycles. The van der Waals surface area contributed by atoms with E-state index in [9.17, 15) is 18.0 Å². The number of amidine groups is 1. The van der Waals surface area contributed by atoms with Crippen LogP contribution < -0.4 is 14.2 Å². The summed E-state index contributed by atoms with van der Waals surface area (Å²) in [5.41, 5.74) is -0.0950. The molecular formula is C20H15F3N2O4S. The molecule has 0 bridgehead atoms. The molecule has 2 aromatic rings. The summed E-state index contributed by atoms with van der Waals surface area (Å²) in [7, 11) is 3.01. The molecule has 0 aromatic heterocycles. The van der Waals surface area contributed by atoms with E-state index in [-0.39, 0.29) is 23.6 Å². The maximum absolute atomic E-state index is 12.9. The molecule has 2 aromatic carbocycles. The Labute approximate surface area is 173 Å². The minimum atomic E-state index is -4.47. The topological polar surface area (TPSA) is 60.4 Å². The van der Waals surface area contributed by atoms with Gasteiger partial charge in [-0.05, 0) is 42.1 Å². The van der Waals surface area contributed by atoms with Crippen LogP contribution in [0, 0.1) is 0 Å². The van der Waals surface area contributed by atoms with Crippen molar-refractivity contribution in [3.05, 3.63) is 52.4 Å². The number of methoxy groups -OCH3 is 1. The van der Waals surface area contributed by atoms with Crippen molar-refractivity contribution >= 4 is 34.6 Å². The highest BCUT2D eigenvalue weighted by Crippen LogP contribution is 2.41. The number of ether oxygens (including phenoxy) is 3. The van der Waals surface area contributed by atoms with Gasteiger partial charge >= 0.3 is 6.18 Å². The van der Waals surface area contributed by atoms with Gasteiger partial charge in [0.1, 0.15) is 5.75 Å². The maximum Gasteiger partial charge on any atom is 0.416 e. The summed E-state index contributed by atoms with van der Waals surface area (Å²) in [6.07, 6.45) is -2.85. The third-order valence-corrected chi connectivity index (χ3v) is 5.47. The van der Waals surface area contributed by atoms with Crippen LogP contribution in [0.1, 0.15) is 11.1 Å². The van der Waals surface area contributed by atoms with Gasteiger partial charge in [0.05, 0.1) is 23.3 Å². The van der Waals surface area contributed by atoms with Crippen LogP contribution in [0.2, 0.25) is 0 Å². The number of carbonyl (C=O) groups is 1. The highest BCUT2D eigenvalue weighted by atomic mass is 32.2. The summed E-state index contributed by atoms with van der Waals surface area (Å²) in [6.45, 7) is 0.0999. The quantitative estimate of drug-likeness (QED) is 0.654. The predicted molar refractivity (Wildman–Crippen MR) is 106 cm³/mol. The fraction of sp³-hybridized carbons (Fsp3) is 0.200. The second kappa shape index (κ2) is 7.60. The van der Waals surface area contributed by atoms with Crippen molar-refractivity contribution in [1.29, 1.82) is 0 Å². The Morgan fingerprint density at radius 1 is 1.20 bits per heavy atom. The van der Waals surface area contributed by atoms with E-state index >= 15 is 0 Å². The molecule has 0 saturated carbocycles. The number of carbonyl (C=O) groups excluding carboxylic acids is 1. The Hall–Kier alpha value is -3.14. The number of halogens is 3. The minimum Gasteiger partial charge on any atom is -0.496 e. The van der Waals surface area contributed by atoms with Gasteiger partial charge in [-0.25, -0.2) is 4.99 Å². The second-order valence-corrected chi connectivity index (χ2v) is 7.37. The van der Waals surface area contributed by atoms with E-state index in [1.165, 1.54) is 31.2 Å². The molecule has 4 rings (SSSR count). The summed E-state index contributed by atoms with van der Waals surface area (Å²) < 4.78 is 54.8. The lowest BCUT2D eigenvalue weighted by molar-refractivity contribution is -0.137. The molecule has 2 aliphatic heterocycles. The average Bonchev–Trinajstić information content (AvgIpc) is 3.27. The number of alkyl halides is 3. The number of hydrogen-bond acceptors (Lipinski definition) is 6. The van der Waals surface area contributed by atoms with E-state index in [1.807, 2.05) is 0 Å². The standard InChI is InChI=1S/C20H15F3N2O4S/c1-25-18(26)17(7-11-6-15-16(29-10-28-15)9-14(11)27-2)30-19(25)24-13-5-3-4-12(8-13)20(21,22)23/h3-9H,10H2,1-2H3/b17-7+,24-19?. The molecule has 1 fully saturated rings. The lowest BCUT2D eigenvalue weighted by atomic mass is 10.1. The average molecular weight is 436 g/mol. The van der Waals surface area contributed by atoms with Gasteiger partial charge in [0, 0.05) is 18.7 Å². The summed E-state index contributed by atoms with van der Waals surface area (Å²) in [5.74, 6) is 1.24. The monoisotopic (exact) mass is 436 g/mol.